The molecule has 1 aliphatic rings. The van der Waals surface area contributed by atoms with Gasteiger partial charge in [-0.05, 0) is 30.9 Å². The molecule has 1 aliphatic heterocycles. The minimum atomic E-state index is -0.0737. The van der Waals surface area contributed by atoms with Gasteiger partial charge in [0.1, 0.15) is 11.4 Å². The quantitative estimate of drug-likeness (QED) is 0.841. The summed E-state index contributed by atoms with van der Waals surface area (Å²) in [6, 6.07) is 6.00. The van der Waals surface area contributed by atoms with Gasteiger partial charge in [-0.2, -0.15) is 0 Å². The molecule has 0 saturated heterocycles. The molecule has 0 aromatic heterocycles. The molecular weight excluding hydrogens is 236 g/mol. The van der Waals surface area contributed by atoms with E-state index in [4.69, 9.17) is 10.5 Å². The highest BCUT2D eigenvalue weighted by atomic mass is 16.5. The van der Waals surface area contributed by atoms with E-state index in [2.05, 4.69) is 38.7 Å². The zero-order chi connectivity index (χ0) is 14.0. The van der Waals surface area contributed by atoms with E-state index in [1.165, 1.54) is 5.69 Å². The molecule has 0 aliphatic carbocycles. The van der Waals surface area contributed by atoms with Crippen molar-refractivity contribution in [3.63, 3.8) is 0 Å². The lowest BCUT2D eigenvalue weighted by Gasteiger charge is -2.44. The van der Waals surface area contributed by atoms with Gasteiger partial charge in [-0.3, -0.25) is 0 Å². The molecular formula is C16H26N2O. The van der Waals surface area contributed by atoms with Gasteiger partial charge >= 0.3 is 0 Å². The standard InChI is InChI=1S/C16H26N2O/c1-5-16(6-2)11-18(10-12(3)4)14-8-7-13(17)9-15(14)19-16/h7-9,12H,5-6,10-11,17H2,1-4H3. The van der Waals surface area contributed by atoms with Crippen LogP contribution < -0.4 is 15.4 Å². The van der Waals surface area contributed by atoms with Crippen molar-refractivity contribution in [3.05, 3.63) is 18.2 Å². The van der Waals surface area contributed by atoms with E-state index in [9.17, 15) is 0 Å². The van der Waals surface area contributed by atoms with Gasteiger partial charge in [0.15, 0.2) is 0 Å². The molecule has 2 rings (SSSR count). The van der Waals surface area contributed by atoms with E-state index in [1.54, 1.807) is 0 Å². The molecule has 19 heavy (non-hydrogen) atoms. The van der Waals surface area contributed by atoms with Gasteiger partial charge in [-0.1, -0.05) is 27.7 Å². The fourth-order valence-electron chi connectivity index (χ4n) is 2.79. The number of ether oxygens (including phenoxy) is 1. The second-order valence-corrected chi connectivity index (χ2v) is 5.99. The fraction of sp³-hybridized carbons (Fsp3) is 0.625. The highest BCUT2D eigenvalue weighted by Gasteiger charge is 2.37. The number of hydrogen-bond acceptors (Lipinski definition) is 3. The zero-order valence-corrected chi connectivity index (χ0v) is 12.6. The Labute approximate surface area is 116 Å². The van der Waals surface area contributed by atoms with Crippen molar-refractivity contribution in [2.75, 3.05) is 23.7 Å². The maximum Gasteiger partial charge on any atom is 0.145 e. The van der Waals surface area contributed by atoms with Crippen LogP contribution in [0.5, 0.6) is 5.75 Å². The first-order chi connectivity index (χ1) is 8.99. The van der Waals surface area contributed by atoms with Crippen LogP contribution in [0, 0.1) is 5.92 Å². The Hall–Kier alpha value is -1.38. The lowest BCUT2D eigenvalue weighted by atomic mass is 9.93. The molecule has 0 unspecified atom stereocenters. The van der Waals surface area contributed by atoms with E-state index in [1.807, 2.05) is 12.1 Å². The third-order valence-electron chi connectivity index (χ3n) is 4.00. The van der Waals surface area contributed by atoms with Gasteiger partial charge in [0.25, 0.3) is 0 Å². The van der Waals surface area contributed by atoms with Crippen molar-refractivity contribution in [1.82, 2.24) is 0 Å². The topological polar surface area (TPSA) is 38.5 Å². The Balaban J connectivity index is 2.39. The predicted molar refractivity (Wildman–Crippen MR) is 81.8 cm³/mol. The first-order valence-corrected chi connectivity index (χ1v) is 7.33. The lowest BCUT2D eigenvalue weighted by molar-refractivity contribution is 0.0569. The molecule has 106 valence electrons. The van der Waals surface area contributed by atoms with E-state index in [0.29, 0.717) is 5.92 Å². The van der Waals surface area contributed by atoms with Crippen molar-refractivity contribution in [2.45, 2.75) is 46.1 Å². The number of nitrogen functional groups attached to an aromatic ring is 1. The Morgan fingerprint density at radius 2 is 2.00 bits per heavy atom. The van der Waals surface area contributed by atoms with Gasteiger partial charge in [0.05, 0.1) is 12.2 Å². The third-order valence-corrected chi connectivity index (χ3v) is 4.00. The molecule has 3 heteroatoms. The van der Waals surface area contributed by atoms with Crippen molar-refractivity contribution >= 4 is 11.4 Å². The highest BCUT2D eigenvalue weighted by Crippen LogP contribution is 2.40. The van der Waals surface area contributed by atoms with Crippen LogP contribution >= 0.6 is 0 Å². The zero-order valence-electron chi connectivity index (χ0n) is 12.6. The first-order valence-electron chi connectivity index (χ1n) is 7.33. The average molecular weight is 262 g/mol. The normalized spacial score (nSPS) is 17.2. The van der Waals surface area contributed by atoms with E-state index < -0.39 is 0 Å². The Kier molecular flexibility index (Phi) is 3.93. The molecule has 3 nitrogen and oxygen atoms in total. The monoisotopic (exact) mass is 262 g/mol. The van der Waals surface area contributed by atoms with Crippen LogP contribution in [0.25, 0.3) is 0 Å². The van der Waals surface area contributed by atoms with Crippen LogP contribution in [0.2, 0.25) is 0 Å². The smallest absolute Gasteiger partial charge is 0.145 e. The van der Waals surface area contributed by atoms with E-state index in [0.717, 1.165) is 37.4 Å². The Morgan fingerprint density at radius 1 is 1.32 bits per heavy atom. The number of nitrogens with zero attached hydrogens (tertiary/aromatic N) is 1. The second-order valence-electron chi connectivity index (χ2n) is 5.99. The number of hydrogen-bond donors (Lipinski definition) is 1. The number of anilines is 2. The van der Waals surface area contributed by atoms with Crippen LogP contribution in [0.1, 0.15) is 40.5 Å². The minimum absolute atomic E-state index is 0.0737. The molecule has 1 heterocycles. The predicted octanol–water partition coefficient (Wildman–Crippen LogP) is 3.68. The van der Waals surface area contributed by atoms with Crippen LogP contribution in [0.3, 0.4) is 0 Å². The molecule has 0 atom stereocenters. The summed E-state index contributed by atoms with van der Waals surface area (Å²) in [7, 11) is 0. The van der Waals surface area contributed by atoms with Gasteiger partial charge in [-0.25, -0.2) is 0 Å². The molecule has 0 fully saturated rings. The maximum absolute atomic E-state index is 6.29. The van der Waals surface area contributed by atoms with Gasteiger partial charge in [-0.15, -0.1) is 0 Å². The molecule has 0 bridgehead atoms. The summed E-state index contributed by atoms with van der Waals surface area (Å²) in [5.41, 5.74) is 7.78. The number of benzene rings is 1. The summed E-state index contributed by atoms with van der Waals surface area (Å²) in [4.78, 5) is 2.45. The number of rotatable bonds is 4. The maximum atomic E-state index is 6.29. The molecule has 0 saturated carbocycles. The van der Waals surface area contributed by atoms with Crippen molar-refractivity contribution < 1.29 is 4.74 Å². The van der Waals surface area contributed by atoms with Crippen LogP contribution in [0.4, 0.5) is 11.4 Å². The molecule has 2 N–H and O–H groups in total. The molecule has 0 amide bonds. The molecule has 0 radical (unpaired) electrons. The van der Waals surface area contributed by atoms with Crippen molar-refractivity contribution in [2.24, 2.45) is 5.92 Å². The van der Waals surface area contributed by atoms with Crippen molar-refractivity contribution in [3.8, 4) is 5.75 Å². The fourth-order valence-corrected chi connectivity index (χ4v) is 2.79. The summed E-state index contributed by atoms with van der Waals surface area (Å²) in [6.45, 7) is 10.9. The number of nitrogens with two attached hydrogens (primary N) is 1. The summed E-state index contributed by atoms with van der Waals surface area (Å²) < 4.78 is 6.29. The minimum Gasteiger partial charge on any atom is -0.483 e. The SMILES string of the molecule is CCC1(CC)CN(CC(C)C)c2ccc(N)cc2O1. The average Bonchev–Trinajstić information content (AvgIpc) is 2.37. The highest BCUT2D eigenvalue weighted by molar-refractivity contribution is 5.65. The summed E-state index contributed by atoms with van der Waals surface area (Å²) in [5, 5.41) is 0. The molecule has 1 aromatic carbocycles. The van der Waals surface area contributed by atoms with Gasteiger partial charge in [0, 0.05) is 18.3 Å². The third kappa shape index (κ3) is 2.80. The summed E-state index contributed by atoms with van der Waals surface area (Å²) >= 11 is 0. The Morgan fingerprint density at radius 3 is 2.58 bits per heavy atom. The van der Waals surface area contributed by atoms with Crippen LogP contribution in [-0.4, -0.2) is 18.7 Å². The van der Waals surface area contributed by atoms with E-state index >= 15 is 0 Å². The molecule has 0 spiro atoms. The molecule has 1 aromatic rings. The van der Waals surface area contributed by atoms with Crippen molar-refractivity contribution in [1.29, 1.82) is 0 Å². The van der Waals surface area contributed by atoms with Gasteiger partial charge in [0.2, 0.25) is 0 Å². The number of fused-ring (bicyclic) bond motifs is 1. The van der Waals surface area contributed by atoms with Gasteiger partial charge < -0.3 is 15.4 Å². The largest absolute Gasteiger partial charge is 0.483 e. The van der Waals surface area contributed by atoms with E-state index in [-0.39, 0.29) is 5.60 Å². The summed E-state index contributed by atoms with van der Waals surface area (Å²) in [5.74, 6) is 1.57. The van der Waals surface area contributed by atoms with Crippen LogP contribution in [-0.2, 0) is 0 Å². The van der Waals surface area contributed by atoms with Crippen LogP contribution in [0.15, 0.2) is 18.2 Å². The second kappa shape index (κ2) is 5.32. The Bertz CT molecular complexity index is 438. The lowest BCUT2D eigenvalue weighted by Crippen LogP contribution is -2.51. The summed E-state index contributed by atoms with van der Waals surface area (Å²) in [6.07, 6.45) is 2.04. The first kappa shape index (κ1) is 14.0.